The molecule has 2 nitrogen and oxygen atoms in total. The summed E-state index contributed by atoms with van der Waals surface area (Å²) in [6, 6.07) is 9.59. The van der Waals surface area contributed by atoms with Gasteiger partial charge in [0.15, 0.2) is 0 Å². The molecule has 0 bridgehead atoms. The van der Waals surface area contributed by atoms with Crippen LogP contribution in [-0.4, -0.2) is 21.7 Å². The maximum Gasteiger partial charge on any atom is 0.499 e. The van der Waals surface area contributed by atoms with Gasteiger partial charge >= 0.3 is 7.12 Å². The first kappa shape index (κ1) is 17.5. The second kappa shape index (κ2) is 10.4. The molecule has 0 aliphatic rings. The van der Waals surface area contributed by atoms with Crippen LogP contribution in [0.25, 0.3) is 10.1 Å². The van der Waals surface area contributed by atoms with Crippen LogP contribution in [0.5, 0.6) is 0 Å². The normalized spacial score (nSPS) is 8.76. The van der Waals surface area contributed by atoms with Crippen molar-refractivity contribution in [1.82, 2.24) is 0 Å². The molecule has 0 radical (unpaired) electrons. The zero-order chi connectivity index (χ0) is 13.3. The number of halogens is 2. The first-order chi connectivity index (χ1) is 8.19. The standard InChI is InChI=1S/C8H7BO2S.C2H6.CH2I2/c10-9(11)8-5-6-3-1-2-4-7(6)12-8;1-2;1-3-2/h1-5,10-11H;1-2H3;1H2. The van der Waals surface area contributed by atoms with E-state index in [1.54, 1.807) is 6.07 Å². The summed E-state index contributed by atoms with van der Waals surface area (Å²) in [4.78, 5) is 0. The van der Waals surface area contributed by atoms with E-state index in [0.717, 1.165) is 10.1 Å². The maximum atomic E-state index is 8.89. The van der Waals surface area contributed by atoms with E-state index in [9.17, 15) is 0 Å². The summed E-state index contributed by atoms with van der Waals surface area (Å²) < 4.78 is 5.26. The fraction of sp³-hybridized carbons (Fsp3) is 0.182. The van der Waals surface area contributed by atoms with Crippen LogP contribution >= 0.6 is 46.7 Å². The van der Waals surface area contributed by atoms with Crippen LogP contribution in [0.1, 0.15) is 13.8 Å². The number of hydrogen-bond donors (Lipinski definition) is 2. The molecule has 0 aliphatic heterocycles. The van der Waals surface area contributed by atoms with E-state index in [4.69, 9.17) is 10.0 Å². The Morgan fingerprint density at radius 2 is 1.82 bits per heavy atom. The van der Waals surface area contributed by atoms with Crippen molar-refractivity contribution < 1.29 is 10.0 Å². The summed E-state index contributed by atoms with van der Waals surface area (Å²) in [7, 11) is -1.35. The lowest BCUT2D eigenvalue weighted by molar-refractivity contribution is 0.427. The predicted molar refractivity (Wildman–Crippen MR) is 98.2 cm³/mol. The van der Waals surface area contributed by atoms with Crippen LogP contribution in [0.2, 0.25) is 0 Å². The maximum absolute atomic E-state index is 8.89. The van der Waals surface area contributed by atoms with Crippen LogP contribution < -0.4 is 4.78 Å². The SMILES string of the molecule is C=II.CC.OB(O)c1cc2ccccc2s1. The molecular weight excluding hydrogens is 461 g/mol. The van der Waals surface area contributed by atoms with E-state index in [0.29, 0.717) is 21.5 Å². The highest BCUT2D eigenvalue weighted by atomic mass is 128. The molecule has 0 unspecified atom stereocenters. The van der Waals surface area contributed by atoms with Crippen LogP contribution in [0.15, 0.2) is 30.3 Å². The van der Waals surface area contributed by atoms with Crippen molar-refractivity contribution in [2.75, 3.05) is 0 Å². The average Bonchev–Trinajstić information content (AvgIpc) is 2.76. The van der Waals surface area contributed by atoms with Gasteiger partial charge in [-0.1, -0.05) is 53.3 Å². The number of thiophene rings is 1. The van der Waals surface area contributed by atoms with Crippen molar-refractivity contribution in [3.05, 3.63) is 30.3 Å². The van der Waals surface area contributed by atoms with Crippen molar-refractivity contribution in [3.63, 3.8) is 0 Å². The minimum absolute atomic E-state index is 0.310. The van der Waals surface area contributed by atoms with Gasteiger partial charge in [0.1, 0.15) is 0 Å². The van der Waals surface area contributed by atoms with Crippen LogP contribution in [0.4, 0.5) is 0 Å². The Hall–Kier alpha value is 0.495. The molecule has 0 aliphatic carbocycles. The van der Waals surface area contributed by atoms with Gasteiger partial charge in [0, 0.05) is 9.48 Å². The molecule has 2 N–H and O–H groups in total. The van der Waals surface area contributed by atoms with Crippen molar-refractivity contribution in [3.8, 4) is 0 Å². The first-order valence-corrected chi connectivity index (χ1v) is 13.7. The predicted octanol–water partition coefficient (Wildman–Crippen LogP) is 3.35. The summed E-state index contributed by atoms with van der Waals surface area (Å²) in [5.41, 5.74) is 0. The molecule has 1 aromatic heterocycles. The fourth-order valence-corrected chi connectivity index (χ4v) is 2.07. The molecule has 0 saturated heterocycles. The Morgan fingerprint density at radius 1 is 1.29 bits per heavy atom. The zero-order valence-corrected chi connectivity index (χ0v) is 14.9. The lowest BCUT2D eigenvalue weighted by Gasteiger charge is -1.87. The van der Waals surface area contributed by atoms with Gasteiger partial charge in [-0.25, -0.2) is 0 Å². The Balaban J connectivity index is 0.000000450. The quantitative estimate of drug-likeness (QED) is 0.490. The second-order valence-electron chi connectivity index (χ2n) is 2.66. The van der Waals surface area contributed by atoms with E-state index in [1.165, 1.54) is 11.3 Å². The van der Waals surface area contributed by atoms with Gasteiger partial charge in [-0.2, -0.15) is 0 Å². The second-order valence-corrected chi connectivity index (χ2v) is 8.22. The van der Waals surface area contributed by atoms with Gasteiger partial charge in [0.2, 0.25) is 0 Å². The Bertz CT molecular complexity index is 413. The Morgan fingerprint density at radius 3 is 2.29 bits per heavy atom. The lowest BCUT2D eigenvalue weighted by Crippen LogP contribution is -2.26. The number of hydrogen-bond acceptors (Lipinski definition) is 3. The molecule has 94 valence electrons. The van der Waals surface area contributed by atoms with Crippen LogP contribution in [0, 0.1) is 0 Å². The highest BCUT2D eigenvalue weighted by molar-refractivity contribution is 15.0. The lowest BCUT2D eigenvalue weighted by atomic mass is 9.89. The van der Waals surface area contributed by atoms with Gasteiger partial charge in [-0.05, 0) is 36.1 Å². The van der Waals surface area contributed by atoms with E-state index < -0.39 is 7.12 Å². The minimum Gasteiger partial charge on any atom is -0.423 e. The average molecular weight is 476 g/mol. The van der Waals surface area contributed by atoms with Gasteiger partial charge in [0.05, 0.1) is 0 Å². The molecule has 2 rings (SSSR count). The largest absolute Gasteiger partial charge is 0.499 e. The van der Waals surface area contributed by atoms with Crippen molar-refractivity contribution in [1.29, 1.82) is 0 Å². The third kappa shape index (κ3) is 6.28. The summed E-state index contributed by atoms with van der Waals surface area (Å²) >= 11 is 4.00. The molecule has 2 aromatic rings. The van der Waals surface area contributed by atoms with Gasteiger partial charge in [-0.3, -0.25) is 0 Å². The van der Waals surface area contributed by atoms with Gasteiger partial charge in [-0.15, -0.1) is 11.3 Å². The van der Waals surface area contributed by atoms with E-state index in [2.05, 4.69) is 23.1 Å². The minimum atomic E-state index is -1.35. The number of rotatable bonds is 1. The highest BCUT2D eigenvalue weighted by Crippen LogP contribution is 2.17. The van der Waals surface area contributed by atoms with E-state index in [1.807, 2.05) is 38.1 Å². The third-order valence-electron chi connectivity index (χ3n) is 1.70. The molecule has 0 amide bonds. The molecule has 17 heavy (non-hydrogen) atoms. The summed E-state index contributed by atoms with van der Waals surface area (Å²) in [6.45, 7) is 4.00. The van der Waals surface area contributed by atoms with Gasteiger partial charge < -0.3 is 10.0 Å². The van der Waals surface area contributed by atoms with E-state index >= 15 is 0 Å². The topological polar surface area (TPSA) is 40.5 Å². The van der Waals surface area contributed by atoms with Gasteiger partial charge in [0.25, 0.3) is 0 Å². The highest BCUT2D eigenvalue weighted by Gasteiger charge is 2.13. The summed E-state index contributed by atoms with van der Waals surface area (Å²) in [5, 5.41) is 18.8. The molecule has 0 fully saturated rings. The summed E-state index contributed by atoms with van der Waals surface area (Å²) in [6.07, 6.45) is 0. The number of fused-ring (bicyclic) bond motifs is 1. The van der Waals surface area contributed by atoms with E-state index in [-0.39, 0.29) is 0 Å². The molecule has 0 spiro atoms. The third-order valence-corrected chi connectivity index (χ3v) is 2.86. The molecule has 1 aromatic carbocycles. The zero-order valence-electron chi connectivity index (χ0n) is 9.73. The van der Waals surface area contributed by atoms with Crippen molar-refractivity contribution >= 4 is 73.2 Å². The van der Waals surface area contributed by atoms with Crippen LogP contribution in [0.3, 0.4) is 0 Å². The molecule has 0 atom stereocenters. The number of benzene rings is 1. The van der Waals surface area contributed by atoms with Crippen LogP contribution in [-0.2, 0) is 0 Å². The first-order valence-electron chi connectivity index (χ1n) is 5.03. The molecule has 0 saturated carbocycles. The molecule has 6 heteroatoms. The monoisotopic (exact) mass is 476 g/mol. The Labute approximate surface area is 126 Å². The van der Waals surface area contributed by atoms with Crippen molar-refractivity contribution in [2.45, 2.75) is 13.8 Å². The molecular formula is C11H15BI2O2S. The fourth-order valence-electron chi connectivity index (χ4n) is 1.13. The van der Waals surface area contributed by atoms with Crippen molar-refractivity contribution in [2.24, 2.45) is 0 Å². The molecule has 1 heterocycles. The summed E-state index contributed by atoms with van der Waals surface area (Å²) in [5.74, 6) is 0. The Kier molecular flexibility index (Phi) is 10.7. The smallest absolute Gasteiger partial charge is 0.423 e.